The molecule has 2 saturated carbocycles. The number of ether oxygens (including phenoxy) is 1. The van der Waals surface area contributed by atoms with Crippen molar-refractivity contribution in [2.75, 3.05) is 24.6 Å². The van der Waals surface area contributed by atoms with Crippen LogP contribution in [0.15, 0.2) is 42.6 Å². The van der Waals surface area contributed by atoms with Gasteiger partial charge in [0.15, 0.2) is 5.82 Å². The van der Waals surface area contributed by atoms with Crippen LogP contribution in [0.5, 0.6) is 0 Å². The van der Waals surface area contributed by atoms with E-state index in [2.05, 4.69) is 24.5 Å². The molecule has 1 saturated heterocycles. The topological polar surface area (TPSA) is 96.5 Å². The van der Waals surface area contributed by atoms with Crippen molar-refractivity contribution in [3.05, 3.63) is 54.0 Å². The lowest BCUT2D eigenvalue weighted by Crippen LogP contribution is -2.55. The smallest absolute Gasteiger partial charge is 0.277 e. The highest BCUT2D eigenvalue weighted by Gasteiger charge is 2.36. The van der Waals surface area contributed by atoms with E-state index in [1.807, 2.05) is 18.2 Å². The number of nitrogens with one attached hydrogen (secondary N) is 2. The summed E-state index contributed by atoms with van der Waals surface area (Å²) < 4.78 is 50.8. The van der Waals surface area contributed by atoms with Crippen LogP contribution >= 0.6 is 0 Å². The molecule has 10 heteroatoms. The van der Waals surface area contributed by atoms with E-state index in [1.54, 1.807) is 18.3 Å². The Morgan fingerprint density at radius 1 is 1.03 bits per heavy atom. The molecular formula is C25H34FN5O3S. The molecular weight excluding hydrogens is 469 g/mol. The molecule has 190 valence electrons. The van der Waals surface area contributed by atoms with E-state index in [-0.39, 0.29) is 29.9 Å². The predicted molar refractivity (Wildman–Crippen MR) is 132 cm³/mol. The Morgan fingerprint density at radius 2 is 1.86 bits per heavy atom. The largest absolute Gasteiger partial charge is 0.378 e. The molecule has 2 atom stereocenters. The van der Waals surface area contributed by atoms with Gasteiger partial charge in [0.05, 0.1) is 12.7 Å². The second-order valence-electron chi connectivity index (χ2n) is 10.1. The normalized spacial score (nSPS) is 27.6. The van der Waals surface area contributed by atoms with E-state index < -0.39 is 10.2 Å². The molecule has 3 aliphatic rings. The predicted octanol–water partition coefficient (Wildman–Crippen LogP) is 3.14. The zero-order valence-corrected chi connectivity index (χ0v) is 20.7. The van der Waals surface area contributed by atoms with Crippen LogP contribution in [0.3, 0.4) is 0 Å². The molecule has 0 radical (unpaired) electrons. The van der Waals surface area contributed by atoms with Gasteiger partial charge in [0.2, 0.25) is 0 Å². The van der Waals surface area contributed by atoms with Crippen molar-refractivity contribution in [1.29, 1.82) is 0 Å². The monoisotopic (exact) mass is 503 g/mol. The minimum atomic E-state index is -3.55. The number of halogens is 1. The second-order valence-corrected chi connectivity index (χ2v) is 11.5. The van der Waals surface area contributed by atoms with Crippen LogP contribution in [0.4, 0.5) is 10.2 Å². The van der Waals surface area contributed by atoms with Crippen LogP contribution < -0.4 is 14.3 Å². The van der Waals surface area contributed by atoms with Gasteiger partial charge in [0, 0.05) is 37.3 Å². The zero-order chi connectivity index (χ0) is 24.3. The fourth-order valence-corrected chi connectivity index (χ4v) is 6.71. The highest BCUT2D eigenvalue weighted by Crippen LogP contribution is 2.35. The summed E-state index contributed by atoms with van der Waals surface area (Å²) in [6, 6.07) is 10.6. The summed E-state index contributed by atoms with van der Waals surface area (Å²) in [6.45, 7) is 1.82. The molecule has 1 aliphatic heterocycles. The van der Waals surface area contributed by atoms with Gasteiger partial charge in [-0.1, -0.05) is 12.1 Å². The summed E-state index contributed by atoms with van der Waals surface area (Å²) >= 11 is 0. The highest BCUT2D eigenvalue weighted by molar-refractivity contribution is 7.87. The highest BCUT2D eigenvalue weighted by atomic mass is 32.2. The lowest BCUT2D eigenvalue weighted by molar-refractivity contribution is -0.00218. The molecule has 1 aromatic carbocycles. The van der Waals surface area contributed by atoms with Gasteiger partial charge in [-0.3, -0.25) is 0 Å². The molecule has 0 bridgehead atoms. The van der Waals surface area contributed by atoms with Gasteiger partial charge >= 0.3 is 0 Å². The first-order valence-corrected chi connectivity index (χ1v) is 14.1. The van der Waals surface area contributed by atoms with Crippen molar-refractivity contribution in [2.45, 2.75) is 69.1 Å². The minimum Gasteiger partial charge on any atom is -0.378 e. The van der Waals surface area contributed by atoms with Crippen LogP contribution in [0, 0.1) is 11.7 Å². The van der Waals surface area contributed by atoms with Crippen molar-refractivity contribution in [3.8, 4) is 0 Å². The van der Waals surface area contributed by atoms with E-state index >= 15 is 0 Å². The molecule has 2 heterocycles. The summed E-state index contributed by atoms with van der Waals surface area (Å²) in [7, 11) is -3.55. The van der Waals surface area contributed by atoms with Crippen molar-refractivity contribution in [3.63, 3.8) is 0 Å². The summed E-state index contributed by atoms with van der Waals surface area (Å²) in [5, 5.41) is 8.23. The molecule has 2 N–H and O–H groups in total. The molecule has 2 unspecified atom stereocenters. The third-order valence-electron chi connectivity index (χ3n) is 7.36. The third kappa shape index (κ3) is 6.75. The van der Waals surface area contributed by atoms with Crippen molar-refractivity contribution < 1.29 is 17.5 Å². The number of hydrogen-bond acceptors (Lipinski definition) is 6. The maximum Gasteiger partial charge on any atom is 0.277 e. The van der Waals surface area contributed by atoms with Gasteiger partial charge in [-0.15, -0.1) is 5.10 Å². The van der Waals surface area contributed by atoms with Crippen molar-refractivity contribution in [1.82, 2.24) is 19.6 Å². The van der Waals surface area contributed by atoms with E-state index in [1.165, 1.54) is 6.07 Å². The molecule has 1 aromatic heterocycles. The summed E-state index contributed by atoms with van der Waals surface area (Å²) in [5.41, 5.74) is 1.06. The lowest BCUT2D eigenvalue weighted by Gasteiger charge is -2.40. The molecule has 0 spiro atoms. The van der Waals surface area contributed by atoms with E-state index in [0.717, 1.165) is 49.9 Å². The van der Waals surface area contributed by atoms with Crippen LogP contribution in [0.1, 0.15) is 56.4 Å². The first-order valence-electron chi connectivity index (χ1n) is 12.6. The van der Waals surface area contributed by atoms with E-state index in [0.29, 0.717) is 32.0 Å². The van der Waals surface area contributed by atoms with Gasteiger partial charge in [0.1, 0.15) is 5.82 Å². The van der Waals surface area contributed by atoms with Gasteiger partial charge in [-0.25, -0.2) is 4.39 Å². The molecule has 2 aromatic rings. The SMILES string of the molecule is O=S(=O)(NC1CC1)NC1CCN(c2cccnn2)CC1COC1CCC(c2cccc(F)c2)CC1. The zero-order valence-electron chi connectivity index (χ0n) is 19.9. The Hall–Kier alpha value is -2.14. The van der Waals surface area contributed by atoms with Crippen molar-refractivity contribution in [2.24, 2.45) is 5.92 Å². The van der Waals surface area contributed by atoms with Gasteiger partial charge in [-0.05, 0) is 80.7 Å². The number of aromatic nitrogens is 2. The first-order chi connectivity index (χ1) is 16.9. The first kappa shape index (κ1) is 24.5. The molecule has 5 rings (SSSR count). The maximum atomic E-state index is 13.6. The average Bonchev–Trinajstić information content (AvgIpc) is 3.67. The minimum absolute atomic E-state index is 0.0116. The van der Waals surface area contributed by atoms with Crippen LogP contribution in [0.25, 0.3) is 0 Å². The number of benzene rings is 1. The van der Waals surface area contributed by atoms with Crippen LogP contribution in [0.2, 0.25) is 0 Å². The number of rotatable bonds is 9. The fourth-order valence-electron chi connectivity index (χ4n) is 5.26. The lowest BCUT2D eigenvalue weighted by atomic mass is 9.82. The molecule has 3 fully saturated rings. The van der Waals surface area contributed by atoms with Gasteiger partial charge in [0.25, 0.3) is 10.2 Å². The number of nitrogens with zero attached hydrogens (tertiary/aromatic N) is 3. The Labute approximate surface area is 206 Å². The number of piperidine rings is 1. The van der Waals surface area contributed by atoms with E-state index in [9.17, 15) is 12.8 Å². The summed E-state index contributed by atoms with van der Waals surface area (Å²) in [5.74, 6) is 0.962. The molecule has 2 aliphatic carbocycles. The van der Waals surface area contributed by atoms with Gasteiger partial charge < -0.3 is 9.64 Å². The second kappa shape index (κ2) is 10.9. The Bertz CT molecular complexity index is 1080. The molecule has 35 heavy (non-hydrogen) atoms. The summed E-state index contributed by atoms with van der Waals surface area (Å²) in [4.78, 5) is 2.15. The van der Waals surface area contributed by atoms with Crippen LogP contribution in [-0.2, 0) is 14.9 Å². The van der Waals surface area contributed by atoms with Crippen molar-refractivity contribution >= 4 is 16.0 Å². The Kier molecular flexibility index (Phi) is 7.62. The standard InChI is InChI=1S/C25H34FN5O3S/c26-21-4-1-3-19(15-21)18-6-10-23(11-7-18)34-17-20-16-31(25-5-2-13-27-28-25)14-12-24(20)30-35(32,33)29-22-8-9-22/h1-5,13,15,18,20,22-24,29-30H,6-12,14,16-17H2. The maximum absolute atomic E-state index is 13.6. The summed E-state index contributed by atoms with van der Waals surface area (Å²) in [6.07, 6.45) is 8.01. The van der Waals surface area contributed by atoms with E-state index in [4.69, 9.17) is 4.74 Å². The molecule has 0 amide bonds. The molecule has 8 nitrogen and oxygen atoms in total. The third-order valence-corrected chi connectivity index (χ3v) is 8.62. The van der Waals surface area contributed by atoms with Gasteiger partial charge in [-0.2, -0.15) is 23.0 Å². The number of hydrogen-bond donors (Lipinski definition) is 2. The fraction of sp³-hybridized carbons (Fsp3) is 0.600. The Morgan fingerprint density at radius 3 is 2.57 bits per heavy atom. The quantitative estimate of drug-likeness (QED) is 0.546. The van der Waals surface area contributed by atoms with Crippen LogP contribution in [-0.4, -0.2) is 56.5 Å². The number of anilines is 1. The average molecular weight is 504 g/mol. The Balaban J connectivity index is 1.19.